The van der Waals surface area contributed by atoms with Crippen LogP contribution in [0.25, 0.3) is 22.5 Å². The van der Waals surface area contributed by atoms with Crippen molar-refractivity contribution in [3.63, 3.8) is 0 Å². The summed E-state index contributed by atoms with van der Waals surface area (Å²) < 4.78 is 19.0. The van der Waals surface area contributed by atoms with E-state index in [9.17, 15) is 0 Å². The average Bonchev–Trinajstić information content (AvgIpc) is 3.51. The van der Waals surface area contributed by atoms with Crippen LogP contribution < -0.4 is 20.5 Å². The highest BCUT2D eigenvalue weighted by atomic mass is 32.2. The maximum atomic E-state index is 6.12. The summed E-state index contributed by atoms with van der Waals surface area (Å²) in [6, 6.07) is 7.68. The molecule has 10 heteroatoms. The molecule has 0 radical (unpaired) electrons. The van der Waals surface area contributed by atoms with Gasteiger partial charge in [-0.05, 0) is 29.7 Å². The summed E-state index contributed by atoms with van der Waals surface area (Å²) in [5, 5.41) is 4.28. The number of furan rings is 1. The molecule has 0 atom stereocenters. The van der Waals surface area contributed by atoms with E-state index in [0.29, 0.717) is 35.0 Å². The van der Waals surface area contributed by atoms with Crippen LogP contribution in [0.3, 0.4) is 0 Å². The van der Waals surface area contributed by atoms with E-state index in [4.69, 9.17) is 24.6 Å². The number of ether oxygens (including phenoxy) is 2. The number of nitrogen functional groups attached to an aromatic ring is 1. The van der Waals surface area contributed by atoms with Gasteiger partial charge in [0.1, 0.15) is 12.1 Å². The molecule has 1 aromatic carbocycles. The highest BCUT2D eigenvalue weighted by Gasteiger charge is 2.23. The number of benzene rings is 1. The van der Waals surface area contributed by atoms with Crippen molar-refractivity contribution in [3.05, 3.63) is 36.9 Å². The van der Waals surface area contributed by atoms with E-state index in [1.165, 1.54) is 18.1 Å². The minimum atomic E-state index is 0.200. The summed E-state index contributed by atoms with van der Waals surface area (Å²) in [6.45, 7) is 9.18. The number of fused-ring (bicyclic) bond motifs is 2. The lowest BCUT2D eigenvalue weighted by Gasteiger charge is -2.19. The zero-order chi connectivity index (χ0) is 23.0. The van der Waals surface area contributed by atoms with Crippen molar-refractivity contribution in [2.75, 3.05) is 25.6 Å². The van der Waals surface area contributed by atoms with E-state index in [1.807, 2.05) is 24.3 Å². The van der Waals surface area contributed by atoms with Gasteiger partial charge in [-0.15, -0.1) is 0 Å². The Kier molecular flexibility index (Phi) is 5.63. The van der Waals surface area contributed by atoms with E-state index in [0.717, 1.165) is 34.5 Å². The fourth-order valence-electron chi connectivity index (χ4n) is 3.60. The number of rotatable bonds is 7. The van der Waals surface area contributed by atoms with Crippen molar-refractivity contribution < 1.29 is 13.9 Å². The summed E-state index contributed by atoms with van der Waals surface area (Å²) in [6.07, 6.45) is 3.13. The second kappa shape index (κ2) is 8.60. The van der Waals surface area contributed by atoms with Crippen molar-refractivity contribution in [2.24, 2.45) is 5.41 Å². The number of imidazole rings is 1. The lowest BCUT2D eigenvalue weighted by molar-refractivity contribution is 0.174. The molecule has 0 aliphatic carbocycles. The standard InChI is InChI=1S/C23H26N6O3S/c1-23(2,3)11-25-6-7-29-21-19(20(24)26-12-27-21)28-22(29)33-18-10-17-16(31-13-32-17)9-14(18)15-5-4-8-30-15/h4-5,8-10,12,25H,6-7,11,13H2,1-3H3,(H2,24,26,27). The van der Waals surface area contributed by atoms with E-state index < -0.39 is 0 Å². The molecule has 4 heterocycles. The van der Waals surface area contributed by atoms with Crippen molar-refractivity contribution in [1.82, 2.24) is 24.8 Å². The topological polar surface area (TPSA) is 113 Å². The Balaban J connectivity index is 1.52. The Morgan fingerprint density at radius 2 is 2.00 bits per heavy atom. The van der Waals surface area contributed by atoms with Crippen molar-refractivity contribution in [1.29, 1.82) is 0 Å². The van der Waals surface area contributed by atoms with Crippen LogP contribution in [0, 0.1) is 5.41 Å². The fourth-order valence-corrected chi connectivity index (χ4v) is 4.66. The first-order chi connectivity index (χ1) is 15.9. The van der Waals surface area contributed by atoms with E-state index in [1.54, 1.807) is 6.26 Å². The lowest BCUT2D eigenvalue weighted by Crippen LogP contribution is -2.29. The molecule has 1 aliphatic rings. The van der Waals surface area contributed by atoms with Crippen LogP contribution in [0.1, 0.15) is 20.8 Å². The van der Waals surface area contributed by atoms with Gasteiger partial charge in [-0.3, -0.25) is 0 Å². The molecule has 0 amide bonds. The number of nitrogens with zero attached hydrogens (tertiary/aromatic N) is 4. The monoisotopic (exact) mass is 466 g/mol. The van der Waals surface area contributed by atoms with Gasteiger partial charge in [0.2, 0.25) is 6.79 Å². The third-order valence-electron chi connectivity index (χ3n) is 5.16. The minimum absolute atomic E-state index is 0.200. The van der Waals surface area contributed by atoms with Crippen LogP contribution in [0.5, 0.6) is 11.5 Å². The molecule has 3 aromatic heterocycles. The van der Waals surface area contributed by atoms with Gasteiger partial charge in [-0.1, -0.05) is 32.5 Å². The normalized spacial score (nSPS) is 13.2. The molecular formula is C23H26N6O3S. The molecule has 172 valence electrons. The molecule has 5 rings (SSSR count). The zero-order valence-electron chi connectivity index (χ0n) is 18.8. The van der Waals surface area contributed by atoms with Gasteiger partial charge in [0.05, 0.1) is 6.26 Å². The molecule has 0 bridgehead atoms. The Morgan fingerprint density at radius 1 is 1.18 bits per heavy atom. The largest absolute Gasteiger partial charge is 0.464 e. The van der Waals surface area contributed by atoms with E-state index in [-0.39, 0.29) is 12.2 Å². The van der Waals surface area contributed by atoms with Crippen LogP contribution >= 0.6 is 11.8 Å². The fraction of sp³-hybridized carbons (Fsp3) is 0.348. The Bertz CT molecular complexity index is 1280. The van der Waals surface area contributed by atoms with Gasteiger partial charge in [-0.25, -0.2) is 15.0 Å². The van der Waals surface area contributed by atoms with Crippen molar-refractivity contribution in [3.8, 4) is 22.8 Å². The Morgan fingerprint density at radius 3 is 2.76 bits per heavy atom. The van der Waals surface area contributed by atoms with Gasteiger partial charge in [0.25, 0.3) is 0 Å². The van der Waals surface area contributed by atoms with Gasteiger partial charge in [0.15, 0.2) is 33.6 Å². The van der Waals surface area contributed by atoms with Crippen molar-refractivity contribution in [2.45, 2.75) is 37.4 Å². The van der Waals surface area contributed by atoms with Crippen molar-refractivity contribution >= 4 is 28.7 Å². The van der Waals surface area contributed by atoms with Gasteiger partial charge < -0.3 is 29.5 Å². The summed E-state index contributed by atoms with van der Waals surface area (Å²) in [5.41, 5.74) is 8.53. The zero-order valence-corrected chi connectivity index (χ0v) is 19.6. The molecule has 9 nitrogen and oxygen atoms in total. The number of anilines is 1. The average molecular weight is 467 g/mol. The molecule has 0 spiro atoms. The SMILES string of the molecule is CC(C)(C)CNCCn1c(Sc2cc3c(cc2-c2ccco2)OCO3)nc2c(N)ncnc21. The van der Waals surface area contributed by atoms with Crippen LogP contribution in [0.4, 0.5) is 5.82 Å². The van der Waals surface area contributed by atoms with E-state index >= 15 is 0 Å². The highest BCUT2D eigenvalue weighted by Crippen LogP contribution is 2.45. The molecule has 4 aromatic rings. The number of hydrogen-bond acceptors (Lipinski definition) is 9. The minimum Gasteiger partial charge on any atom is -0.464 e. The molecule has 1 aliphatic heterocycles. The summed E-state index contributed by atoms with van der Waals surface area (Å²) in [5.74, 6) is 2.49. The number of nitrogens with two attached hydrogens (primary N) is 1. The first-order valence-corrected chi connectivity index (χ1v) is 11.5. The summed E-state index contributed by atoms with van der Waals surface area (Å²) >= 11 is 1.51. The smallest absolute Gasteiger partial charge is 0.231 e. The number of nitrogens with one attached hydrogen (secondary N) is 1. The number of hydrogen-bond donors (Lipinski definition) is 2. The van der Waals surface area contributed by atoms with Gasteiger partial charge in [0, 0.05) is 30.1 Å². The molecule has 0 unspecified atom stereocenters. The third-order valence-corrected chi connectivity index (χ3v) is 6.21. The highest BCUT2D eigenvalue weighted by molar-refractivity contribution is 7.99. The maximum absolute atomic E-state index is 6.12. The summed E-state index contributed by atoms with van der Waals surface area (Å²) in [7, 11) is 0. The molecular weight excluding hydrogens is 440 g/mol. The second-order valence-electron chi connectivity index (χ2n) is 9.00. The molecule has 3 N–H and O–H groups in total. The maximum Gasteiger partial charge on any atom is 0.231 e. The first kappa shape index (κ1) is 21.6. The van der Waals surface area contributed by atoms with Gasteiger partial charge in [-0.2, -0.15) is 0 Å². The van der Waals surface area contributed by atoms with Crippen LogP contribution in [-0.2, 0) is 6.54 Å². The predicted octanol–water partition coefficient (Wildman–Crippen LogP) is 4.18. The second-order valence-corrected chi connectivity index (χ2v) is 10.0. The van der Waals surface area contributed by atoms with E-state index in [2.05, 4.69) is 40.6 Å². The predicted molar refractivity (Wildman–Crippen MR) is 126 cm³/mol. The third kappa shape index (κ3) is 4.49. The molecule has 0 fully saturated rings. The first-order valence-electron chi connectivity index (χ1n) is 10.7. The molecule has 0 saturated heterocycles. The quantitative estimate of drug-likeness (QED) is 0.387. The lowest BCUT2D eigenvalue weighted by atomic mass is 9.97. The summed E-state index contributed by atoms with van der Waals surface area (Å²) in [4.78, 5) is 14.3. The van der Waals surface area contributed by atoms with Gasteiger partial charge >= 0.3 is 0 Å². The Hall–Kier alpha value is -3.24. The van der Waals surface area contributed by atoms with Crippen LogP contribution in [-0.4, -0.2) is 39.4 Å². The van der Waals surface area contributed by atoms with Crippen LogP contribution in [0.2, 0.25) is 0 Å². The molecule has 33 heavy (non-hydrogen) atoms. The number of aromatic nitrogens is 4. The Labute approximate surface area is 195 Å². The molecule has 0 saturated carbocycles. The van der Waals surface area contributed by atoms with Crippen LogP contribution in [0.15, 0.2) is 51.3 Å².